The van der Waals surface area contributed by atoms with Gasteiger partial charge in [0.2, 0.25) is 0 Å². The second-order valence-electron chi connectivity index (χ2n) is 6.37. The Morgan fingerprint density at radius 3 is 2.21 bits per heavy atom. The minimum absolute atomic E-state index is 0.0643. The van der Waals surface area contributed by atoms with Gasteiger partial charge in [-0.15, -0.1) is 0 Å². The lowest BCUT2D eigenvalue weighted by molar-refractivity contribution is -0.191. The first kappa shape index (κ1) is 17.9. The number of hydrogen-bond acceptors (Lipinski definition) is 6. The molecule has 1 heterocycles. The first-order chi connectivity index (χ1) is 11.2. The highest BCUT2D eigenvalue weighted by Crippen LogP contribution is 2.18. The van der Waals surface area contributed by atoms with Gasteiger partial charge >= 0.3 is 6.09 Å². The highest BCUT2D eigenvalue weighted by molar-refractivity contribution is 6.00. The number of amides is 3. The van der Waals surface area contributed by atoms with Crippen molar-refractivity contribution in [3.8, 4) is 0 Å². The number of hydrazine groups is 1. The fourth-order valence-electron chi connectivity index (χ4n) is 2.01. The van der Waals surface area contributed by atoms with Crippen LogP contribution in [0.2, 0.25) is 0 Å². The van der Waals surface area contributed by atoms with Crippen LogP contribution in [0, 0.1) is 0 Å². The van der Waals surface area contributed by atoms with Crippen LogP contribution in [0.3, 0.4) is 0 Å². The molecule has 0 spiro atoms. The number of benzene rings is 1. The summed E-state index contributed by atoms with van der Waals surface area (Å²) in [6, 6.07) is 6.61. The van der Waals surface area contributed by atoms with E-state index >= 15 is 0 Å². The Kier molecular flexibility index (Phi) is 5.20. The monoisotopic (exact) mass is 335 g/mol. The number of imide groups is 1. The summed E-state index contributed by atoms with van der Waals surface area (Å²) in [4.78, 5) is 40.0. The average molecular weight is 335 g/mol. The van der Waals surface area contributed by atoms with Crippen molar-refractivity contribution in [3.05, 3.63) is 29.8 Å². The fraction of sp³-hybridized carbons (Fsp3) is 0.438. The van der Waals surface area contributed by atoms with E-state index < -0.39 is 11.7 Å². The molecule has 0 atom stereocenters. The van der Waals surface area contributed by atoms with E-state index in [1.165, 1.54) is 0 Å². The number of nitrogens with zero attached hydrogens (tertiary/aromatic N) is 2. The molecule has 0 aromatic heterocycles. The van der Waals surface area contributed by atoms with Crippen molar-refractivity contribution in [2.45, 2.75) is 45.8 Å². The van der Waals surface area contributed by atoms with Crippen molar-refractivity contribution in [2.75, 3.05) is 5.01 Å². The van der Waals surface area contributed by atoms with Crippen LogP contribution in [0.25, 0.3) is 0 Å². The van der Waals surface area contributed by atoms with E-state index in [-0.39, 0.29) is 31.3 Å². The van der Waals surface area contributed by atoms with Gasteiger partial charge in [0.1, 0.15) is 12.2 Å². The van der Waals surface area contributed by atoms with Crippen LogP contribution in [-0.2, 0) is 25.8 Å². The SMILES string of the molecule is CC(C)(C)OC(=O)N(N)c1ccc(CON2C(=O)CCC2=O)cc1. The third-order valence-electron chi connectivity index (χ3n) is 3.17. The first-order valence-corrected chi connectivity index (χ1v) is 7.53. The summed E-state index contributed by atoms with van der Waals surface area (Å²) in [6.07, 6.45) is -0.314. The average Bonchev–Trinajstić information content (AvgIpc) is 2.82. The molecule has 8 heteroatoms. The molecule has 2 rings (SSSR count). The Morgan fingerprint density at radius 1 is 1.17 bits per heavy atom. The molecule has 1 aromatic rings. The Morgan fingerprint density at radius 2 is 1.71 bits per heavy atom. The molecular weight excluding hydrogens is 314 g/mol. The topological polar surface area (TPSA) is 102 Å². The number of hydrogen-bond donors (Lipinski definition) is 1. The number of carbonyl (C=O) groups excluding carboxylic acids is 3. The Bertz CT molecular complexity index is 620. The van der Waals surface area contributed by atoms with E-state index in [2.05, 4.69) is 0 Å². The van der Waals surface area contributed by atoms with Gasteiger partial charge in [0.25, 0.3) is 11.8 Å². The fourth-order valence-corrected chi connectivity index (χ4v) is 2.01. The van der Waals surface area contributed by atoms with E-state index in [4.69, 9.17) is 15.4 Å². The summed E-state index contributed by atoms with van der Waals surface area (Å²) in [6.45, 7) is 5.31. The second kappa shape index (κ2) is 6.98. The van der Waals surface area contributed by atoms with E-state index in [1.807, 2.05) is 0 Å². The van der Waals surface area contributed by atoms with Gasteiger partial charge in [-0.2, -0.15) is 5.06 Å². The standard InChI is InChI=1S/C16H21N3O5/c1-16(2,3)24-15(22)18(17)12-6-4-11(5-7-12)10-23-19-13(20)8-9-14(19)21/h4-7H,8-10,17H2,1-3H3. The Balaban J connectivity index is 1.94. The van der Waals surface area contributed by atoms with Crippen LogP contribution in [-0.4, -0.2) is 28.6 Å². The molecule has 0 radical (unpaired) electrons. The van der Waals surface area contributed by atoms with Gasteiger partial charge in [-0.05, 0) is 38.5 Å². The highest BCUT2D eigenvalue weighted by Gasteiger charge is 2.30. The summed E-state index contributed by atoms with van der Waals surface area (Å²) in [5.41, 5.74) is 0.530. The lowest BCUT2D eigenvalue weighted by Gasteiger charge is -2.24. The normalized spacial score (nSPS) is 14.9. The number of rotatable bonds is 4. The maximum Gasteiger partial charge on any atom is 0.429 e. The molecule has 1 aromatic carbocycles. The molecule has 0 unspecified atom stereocenters. The summed E-state index contributed by atoms with van der Waals surface area (Å²) >= 11 is 0. The molecule has 3 amide bonds. The van der Waals surface area contributed by atoms with Gasteiger partial charge in [0.15, 0.2) is 0 Å². The molecule has 8 nitrogen and oxygen atoms in total. The minimum Gasteiger partial charge on any atom is -0.442 e. The first-order valence-electron chi connectivity index (χ1n) is 7.53. The van der Waals surface area contributed by atoms with E-state index in [1.54, 1.807) is 45.0 Å². The largest absolute Gasteiger partial charge is 0.442 e. The zero-order valence-electron chi connectivity index (χ0n) is 13.9. The molecule has 1 aliphatic rings. The summed E-state index contributed by atoms with van der Waals surface area (Å²) in [5.74, 6) is 5.06. The maximum atomic E-state index is 11.9. The van der Waals surface area contributed by atoms with Crippen LogP contribution >= 0.6 is 0 Å². The van der Waals surface area contributed by atoms with Crippen LogP contribution < -0.4 is 10.9 Å². The van der Waals surface area contributed by atoms with Gasteiger partial charge in [0, 0.05) is 12.8 Å². The van der Waals surface area contributed by atoms with Gasteiger partial charge in [-0.25, -0.2) is 15.6 Å². The number of ether oxygens (including phenoxy) is 1. The van der Waals surface area contributed by atoms with Crippen molar-refractivity contribution in [1.29, 1.82) is 0 Å². The smallest absolute Gasteiger partial charge is 0.429 e. The lowest BCUT2D eigenvalue weighted by Crippen LogP contribution is -2.41. The van der Waals surface area contributed by atoms with E-state index in [9.17, 15) is 14.4 Å². The maximum absolute atomic E-state index is 11.9. The zero-order chi connectivity index (χ0) is 17.9. The van der Waals surface area contributed by atoms with E-state index in [0.29, 0.717) is 5.69 Å². The highest BCUT2D eigenvalue weighted by atomic mass is 16.7. The second-order valence-corrected chi connectivity index (χ2v) is 6.37. The van der Waals surface area contributed by atoms with Crippen LogP contribution in [0.15, 0.2) is 24.3 Å². The van der Waals surface area contributed by atoms with Gasteiger partial charge < -0.3 is 4.74 Å². The molecule has 130 valence electrons. The number of anilines is 1. The molecule has 1 saturated heterocycles. The van der Waals surface area contributed by atoms with Gasteiger partial charge in [-0.3, -0.25) is 14.4 Å². The third kappa shape index (κ3) is 4.53. The molecule has 0 aliphatic carbocycles. The molecule has 1 aliphatic heterocycles. The summed E-state index contributed by atoms with van der Waals surface area (Å²) in [5, 5.41) is 1.70. The van der Waals surface area contributed by atoms with Crippen LogP contribution in [0.5, 0.6) is 0 Å². The molecule has 0 bridgehead atoms. The quantitative estimate of drug-likeness (QED) is 0.390. The molecule has 0 saturated carbocycles. The number of hydroxylamine groups is 2. The van der Waals surface area contributed by atoms with Crippen molar-refractivity contribution in [2.24, 2.45) is 5.84 Å². The van der Waals surface area contributed by atoms with Crippen molar-refractivity contribution < 1.29 is 24.0 Å². The van der Waals surface area contributed by atoms with Gasteiger partial charge in [-0.1, -0.05) is 12.1 Å². The summed E-state index contributed by atoms with van der Waals surface area (Å²) in [7, 11) is 0. The minimum atomic E-state index is -0.667. The van der Waals surface area contributed by atoms with Crippen molar-refractivity contribution in [3.63, 3.8) is 0 Å². The van der Waals surface area contributed by atoms with Crippen molar-refractivity contribution in [1.82, 2.24) is 5.06 Å². The Hall–Kier alpha value is -2.45. The predicted octanol–water partition coefficient (Wildman–Crippen LogP) is 1.88. The third-order valence-corrected chi connectivity index (χ3v) is 3.17. The van der Waals surface area contributed by atoms with E-state index in [0.717, 1.165) is 15.6 Å². The summed E-state index contributed by atoms with van der Waals surface area (Å²) < 4.78 is 5.18. The predicted molar refractivity (Wildman–Crippen MR) is 85.2 cm³/mol. The lowest BCUT2D eigenvalue weighted by atomic mass is 10.2. The zero-order valence-corrected chi connectivity index (χ0v) is 13.9. The Labute approximate surface area is 140 Å². The molecule has 24 heavy (non-hydrogen) atoms. The van der Waals surface area contributed by atoms with Crippen LogP contribution in [0.1, 0.15) is 39.2 Å². The number of carbonyl (C=O) groups is 3. The van der Waals surface area contributed by atoms with Crippen molar-refractivity contribution >= 4 is 23.6 Å². The van der Waals surface area contributed by atoms with Gasteiger partial charge in [0.05, 0.1) is 5.69 Å². The molecule has 2 N–H and O–H groups in total. The van der Waals surface area contributed by atoms with Crippen LogP contribution in [0.4, 0.5) is 10.5 Å². The molecular formula is C16H21N3O5. The number of nitrogens with two attached hydrogens (primary N) is 1. The molecule has 1 fully saturated rings.